The fourth-order valence-electron chi connectivity index (χ4n) is 3.30. The van der Waals surface area contributed by atoms with Gasteiger partial charge < -0.3 is 14.5 Å². The minimum atomic E-state index is -4.58. The molecule has 0 saturated carbocycles. The van der Waals surface area contributed by atoms with E-state index in [0.717, 1.165) is 6.07 Å². The number of piperazine rings is 1. The van der Waals surface area contributed by atoms with Crippen LogP contribution in [0.2, 0.25) is 0 Å². The summed E-state index contributed by atoms with van der Waals surface area (Å²) >= 11 is 0. The number of carbonyl (C=O) groups excluding carboxylic acids is 2. The highest BCUT2D eigenvalue weighted by Gasteiger charge is 2.36. The van der Waals surface area contributed by atoms with Crippen LogP contribution in [0.1, 0.15) is 15.9 Å². The minimum absolute atomic E-state index is 0.0281. The first kappa shape index (κ1) is 19.6. The standard InChI is InChI=1S/C18H22F3N3O3/c19-18(20,21)15-4-2-1-3-14(15)17(26)24-7-5-23(6-8-24)16(25)13-22-9-11-27-12-10-22/h1-4H,5-13H2. The van der Waals surface area contributed by atoms with Gasteiger partial charge in [-0.1, -0.05) is 12.1 Å². The molecule has 27 heavy (non-hydrogen) atoms. The Kier molecular flexibility index (Phi) is 6.01. The van der Waals surface area contributed by atoms with E-state index in [4.69, 9.17) is 4.74 Å². The molecule has 2 amide bonds. The zero-order chi connectivity index (χ0) is 19.4. The van der Waals surface area contributed by atoms with Crippen molar-refractivity contribution in [2.45, 2.75) is 6.18 Å². The average Bonchev–Trinajstić information content (AvgIpc) is 2.67. The second-order valence-electron chi connectivity index (χ2n) is 6.60. The quantitative estimate of drug-likeness (QED) is 0.788. The summed E-state index contributed by atoms with van der Waals surface area (Å²) in [6.07, 6.45) is -4.58. The van der Waals surface area contributed by atoms with Crippen LogP contribution in [0.5, 0.6) is 0 Å². The lowest BCUT2D eigenvalue weighted by atomic mass is 10.1. The number of rotatable bonds is 3. The Morgan fingerprint density at radius 3 is 2.15 bits per heavy atom. The van der Waals surface area contributed by atoms with Gasteiger partial charge in [-0.3, -0.25) is 14.5 Å². The van der Waals surface area contributed by atoms with Crippen LogP contribution < -0.4 is 0 Å². The number of carbonyl (C=O) groups is 2. The third-order valence-corrected chi connectivity index (χ3v) is 4.85. The number of benzene rings is 1. The summed E-state index contributed by atoms with van der Waals surface area (Å²) in [5.74, 6) is -0.678. The molecular weight excluding hydrogens is 363 g/mol. The lowest BCUT2D eigenvalue weighted by Crippen LogP contribution is -2.53. The molecule has 148 valence electrons. The van der Waals surface area contributed by atoms with Crippen molar-refractivity contribution in [2.24, 2.45) is 0 Å². The molecule has 0 aromatic heterocycles. The third-order valence-electron chi connectivity index (χ3n) is 4.85. The summed E-state index contributed by atoms with van der Waals surface area (Å²) in [5.41, 5.74) is -1.28. The van der Waals surface area contributed by atoms with Gasteiger partial charge in [0.2, 0.25) is 5.91 Å². The van der Waals surface area contributed by atoms with Gasteiger partial charge in [-0.05, 0) is 12.1 Å². The van der Waals surface area contributed by atoms with E-state index < -0.39 is 17.6 Å². The molecule has 2 heterocycles. The molecule has 3 rings (SSSR count). The Morgan fingerprint density at radius 2 is 1.52 bits per heavy atom. The molecule has 0 radical (unpaired) electrons. The highest BCUT2D eigenvalue weighted by atomic mass is 19.4. The smallest absolute Gasteiger partial charge is 0.379 e. The molecule has 2 saturated heterocycles. The molecule has 1 aromatic rings. The number of ether oxygens (including phenoxy) is 1. The topological polar surface area (TPSA) is 53.1 Å². The number of nitrogens with zero attached hydrogens (tertiary/aromatic N) is 3. The van der Waals surface area contributed by atoms with Gasteiger partial charge in [-0.25, -0.2) is 0 Å². The van der Waals surface area contributed by atoms with Crippen LogP contribution >= 0.6 is 0 Å². The minimum Gasteiger partial charge on any atom is -0.379 e. The van der Waals surface area contributed by atoms with Crippen molar-refractivity contribution in [3.05, 3.63) is 35.4 Å². The van der Waals surface area contributed by atoms with E-state index in [1.54, 1.807) is 4.90 Å². The normalized spacial score (nSPS) is 19.2. The van der Waals surface area contributed by atoms with Crippen molar-refractivity contribution in [3.63, 3.8) is 0 Å². The molecule has 2 aliphatic heterocycles. The van der Waals surface area contributed by atoms with Crippen LogP contribution in [-0.4, -0.2) is 85.5 Å². The fourth-order valence-corrected chi connectivity index (χ4v) is 3.30. The van der Waals surface area contributed by atoms with E-state index in [-0.39, 0.29) is 24.6 Å². The summed E-state index contributed by atoms with van der Waals surface area (Å²) in [6, 6.07) is 4.79. The monoisotopic (exact) mass is 385 g/mol. The van der Waals surface area contributed by atoms with E-state index >= 15 is 0 Å². The van der Waals surface area contributed by atoms with Gasteiger partial charge in [0.05, 0.1) is 30.9 Å². The molecule has 0 aliphatic carbocycles. The Morgan fingerprint density at radius 1 is 0.926 bits per heavy atom. The molecular formula is C18H22F3N3O3. The first-order valence-electron chi connectivity index (χ1n) is 8.89. The maximum atomic E-state index is 13.1. The molecule has 6 nitrogen and oxygen atoms in total. The fraction of sp³-hybridized carbons (Fsp3) is 0.556. The first-order chi connectivity index (χ1) is 12.9. The van der Waals surface area contributed by atoms with Crippen molar-refractivity contribution < 1.29 is 27.5 Å². The number of hydrogen-bond donors (Lipinski definition) is 0. The summed E-state index contributed by atoms with van der Waals surface area (Å²) in [7, 11) is 0. The number of alkyl halides is 3. The van der Waals surface area contributed by atoms with E-state index in [2.05, 4.69) is 0 Å². The highest BCUT2D eigenvalue weighted by Crippen LogP contribution is 2.32. The molecule has 0 bridgehead atoms. The molecule has 2 aliphatic rings. The zero-order valence-electron chi connectivity index (χ0n) is 14.9. The number of halogens is 3. The molecule has 0 N–H and O–H groups in total. The van der Waals surface area contributed by atoms with Crippen molar-refractivity contribution in [2.75, 3.05) is 59.0 Å². The van der Waals surface area contributed by atoms with Gasteiger partial charge in [0.1, 0.15) is 0 Å². The molecule has 0 atom stereocenters. The maximum Gasteiger partial charge on any atom is 0.417 e. The van der Waals surface area contributed by atoms with Gasteiger partial charge in [0.15, 0.2) is 0 Å². The SMILES string of the molecule is O=C(CN1CCOCC1)N1CCN(C(=O)c2ccccc2C(F)(F)F)CC1. The maximum absolute atomic E-state index is 13.1. The molecule has 0 spiro atoms. The van der Waals surface area contributed by atoms with E-state index in [1.165, 1.54) is 23.1 Å². The van der Waals surface area contributed by atoms with Crippen LogP contribution in [0.25, 0.3) is 0 Å². The van der Waals surface area contributed by atoms with Gasteiger partial charge in [0.25, 0.3) is 5.91 Å². The van der Waals surface area contributed by atoms with Gasteiger partial charge in [-0.2, -0.15) is 13.2 Å². The Labute approximate surface area is 155 Å². The van der Waals surface area contributed by atoms with Crippen LogP contribution in [0.15, 0.2) is 24.3 Å². The van der Waals surface area contributed by atoms with Gasteiger partial charge in [0, 0.05) is 39.3 Å². The van der Waals surface area contributed by atoms with Crippen LogP contribution in [0.4, 0.5) is 13.2 Å². The highest BCUT2D eigenvalue weighted by molar-refractivity contribution is 5.96. The lowest BCUT2D eigenvalue weighted by molar-refractivity contribution is -0.138. The number of amides is 2. The largest absolute Gasteiger partial charge is 0.417 e. The van der Waals surface area contributed by atoms with Crippen LogP contribution in [0.3, 0.4) is 0 Å². The van der Waals surface area contributed by atoms with E-state index in [1.807, 2.05) is 4.90 Å². The van der Waals surface area contributed by atoms with Crippen molar-refractivity contribution in [1.29, 1.82) is 0 Å². The average molecular weight is 385 g/mol. The molecule has 0 unspecified atom stereocenters. The Bertz CT molecular complexity index is 682. The number of morpholine rings is 1. The molecule has 1 aromatic carbocycles. The van der Waals surface area contributed by atoms with Crippen molar-refractivity contribution >= 4 is 11.8 Å². The first-order valence-corrected chi connectivity index (χ1v) is 8.89. The second kappa shape index (κ2) is 8.26. The van der Waals surface area contributed by atoms with Crippen LogP contribution in [0, 0.1) is 0 Å². The van der Waals surface area contributed by atoms with Gasteiger partial charge in [-0.15, -0.1) is 0 Å². The molecule has 2 fully saturated rings. The summed E-state index contributed by atoms with van der Waals surface area (Å²) in [4.78, 5) is 30.0. The Hall–Kier alpha value is -2.13. The molecule has 9 heteroatoms. The predicted octanol–water partition coefficient (Wildman–Crippen LogP) is 1.32. The predicted molar refractivity (Wildman–Crippen MR) is 91.2 cm³/mol. The van der Waals surface area contributed by atoms with Crippen LogP contribution in [-0.2, 0) is 15.7 Å². The van der Waals surface area contributed by atoms with Gasteiger partial charge >= 0.3 is 6.18 Å². The number of hydrogen-bond acceptors (Lipinski definition) is 4. The van der Waals surface area contributed by atoms with Crippen molar-refractivity contribution in [3.8, 4) is 0 Å². The third kappa shape index (κ3) is 4.78. The van der Waals surface area contributed by atoms with Crippen molar-refractivity contribution in [1.82, 2.24) is 14.7 Å². The Balaban J connectivity index is 1.57. The summed E-state index contributed by atoms with van der Waals surface area (Å²) in [6.45, 7) is 4.01. The van der Waals surface area contributed by atoms with E-state index in [0.29, 0.717) is 45.9 Å². The van der Waals surface area contributed by atoms with E-state index in [9.17, 15) is 22.8 Å². The summed E-state index contributed by atoms with van der Waals surface area (Å²) < 4.78 is 44.6. The zero-order valence-corrected chi connectivity index (χ0v) is 14.9. The lowest BCUT2D eigenvalue weighted by Gasteiger charge is -2.36. The summed E-state index contributed by atoms with van der Waals surface area (Å²) in [5, 5.41) is 0. The second-order valence-corrected chi connectivity index (χ2v) is 6.60.